The third-order valence-corrected chi connectivity index (χ3v) is 5.11. The second-order valence-electron chi connectivity index (χ2n) is 4.82. The molecule has 0 fully saturated rings. The van der Waals surface area contributed by atoms with Crippen molar-refractivity contribution in [2.75, 3.05) is 7.05 Å². The number of halogens is 2. The fraction of sp³-hybridized carbons (Fsp3) is 0.188. The van der Waals surface area contributed by atoms with Gasteiger partial charge in [0.15, 0.2) is 0 Å². The number of fused-ring (bicyclic) bond motifs is 1. The van der Waals surface area contributed by atoms with Crippen LogP contribution in [0.4, 0.5) is 0 Å². The van der Waals surface area contributed by atoms with Crippen molar-refractivity contribution in [3.8, 4) is 0 Å². The van der Waals surface area contributed by atoms with E-state index in [1.54, 1.807) is 11.3 Å². The summed E-state index contributed by atoms with van der Waals surface area (Å²) in [6.07, 6.45) is 2.65. The van der Waals surface area contributed by atoms with E-state index in [2.05, 4.69) is 21.7 Å². The highest BCUT2D eigenvalue weighted by Crippen LogP contribution is 2.30. The lowest BCUT2D eigenvalue weighted by atomic mass is 10.00. The summed E-state index contributed by atoms with van der Waals surface area (Å²) >= 11 is 14.2. The van der Waals surface area contributed by atoms with Crippen molar-refractivity contribution in [2.45, 2.75) is 12.5 Å². The van der Waals surface area contributed by atoms with Gasteiger partial charge in [-0.2, -0.15) is 0 Å². The molecule has 2 heterocycles. The molecule has 1 aromatic carbocycles. The van der Waals surface area contributed by atoms with Crippen LogP contribution in [0.25, 0.3) is 10.2 Å². The number of hydrogen-bond donors (Lipinski definition) is 1. The van der Waals surface area contributed by atoms with Gasteiger partial charge >= 0.3 is 0 Å². The van der Waals surface area contributed by atoms with E-state index in [0.29, 0.717) is 10.0 Å². The Balaban J connectivity index is 1.94. The maximum atomic E-state index is 6.27. The molecule has 0 saturated heterocycles. The molecular weight excluding hydrogens is 323 g/mol. The maximum Gasteiger partial charge on any atom is 0.0809 e. The Bertz CT molecular complexity index is 750. The Morgan fingerprint density at radius 1 is 1.24 bits per heavy atom. The van der Waals surface area contributed by atoms with E-state index in [9.17, 15) is 0 Å². The summed E-state index contributed by atoms with van der Waals surface area (Å²) in [5.74, 6) is 0. The molecule has 0 spiro atoms. The molecule has 0 aliphatic heterocycles. The number of thiophene rings is 1. The first-order valence-electron chi connectivity index (χ1n) is 6.62. The molecule has 3 aromatic rings. The van der Waals surface area contributed by atoms with Crippen molar-refractivity contribution < 1.29 is 0 Å². The molecule has 0 radical (unpaired) electrons. The summed E-state index contributed by atoms with van der Waals surface area (Å²) in [5.41, 5.74) is 3.14. The minimum atomic E-state index is 0.126. The van der Waals surface area contributed by atoms with Crippen LogP contribution in [-0.4, -0.2) is 12.0 Å². The predicted octanol–water partition coefficient (Wildman–Crippen LogP) is 5.11. The number of benzene rings is 1. The summed E-state index contributed by atoms with van der Waals surface area (Å²) in [6, 6.07) is 9.94. The lowest BCUT2D eigenvalue weighted by molar-refractivity contribution is 0.591. The molecular formula is C16H14Cl2N2S. The normalized spacial score (nSPS) is 12.7. The monoisotopic (exact) mass is 336 g/mol. The smallest absolute Gasteiger partial charge is 0.0809 e. The van der Waals surface area contributed by atoms with E-state index in [0.717, 1.165) is 23.1 Å². The number of hydrogen-bond acceptors (Lipinski definition) is 3. The first-order valence-corrected chi connectivity index (χ1v) is 8.26. The molecule has 1 atom stereocenters. The van der Waals surface area contributed by atoms with Crippen LogP contribution >= 0.6 is 34.5 Å². The number of rotatable bonds is 4. The highest BCUT2D eigenvalue weighted by Gasteiger charge is 2.15. The summed E-state index contributed by atoms with van der Waals surface area (Å²) in [7, 11) is 1.94. The first kappa shape index (κ1) is 14.8. The van der Waals surface area contributed by atoms with Crippen LogP contribution in [0.2, 0.25) is 10.0 Å². The highest BCUT2D eigenvalue weighted by molar-refractivity contribution is 7.17. The van der Waals surface area contributed by atoms with Crippen molar-refractivity contribution in [3.63, 3.8) is 0 Å². The molecule has 21 heavy (non-hydrogen) atoms. The van der Waals surface area contributed by atoms with E-state index in [1.807, 2.05) is 37.5 Å². The molecule has 3 rings (SSSR count). The summed E-state index contributed by atoms with van der Waals surface area (Å²) in [6.45, 7) is 0. The minimum Gasteiger partial charge on any atom is -0.313 e. The van der Waals surface area contributed by atoms with Crippen LogP contribution in [0.1, 0.15) is 17.2 Å². The van der Waals surface area contributed by atoms with Crippen molar-refractivity contribution in [2.24, 2.45) is 0 Å². The highest BCUT2D eigenvalue weighted by atomic mass is 35.5. The molecule has 0 saturated carbocycles. The van der Waals surface area contributed by atoms with Crippen LogP contribution < -0.4 is 5.32 Å². The van der Waals surface area contributed by atoms with E-state index in [4.69, 9.17) is 23.2 Å². The molecule has 0 bridgehead atoms. The van der Waals surface area contributed by atoms with Gasteiger partial charge in [-0.05, 0) is 54.2 Å². The van der Waals surface area contributed by atoms with Crippen LogP contribution in [0, 0.1) is 0 Å². The average molecular weight is 337 g/mol. The number of pyridine rings is 1. The zero-order chi connectivity index (χ0) is 14.8. The molecule has 0 aliphatic carbocycles. The quantitative estimate of drug-likeness (QED) is 0.716. The minimum absolute atomic E-state index is 0.126. The van der Waals surface area contributed by atoms with Crippen LogP contribution in [0.3, 0.4) is 0 Å². The largest absolute Gasteiger partial charge is 0.313 e. The van der Waals surface area contributed by atoms with Gasteiger partial charge in [0, 0.05) is 22.3 Å². The third kappa shape index (κ3) is 3.06. The SMILES string of the molecule is CNC(Cc1c(Cl)cccc1Cl)c1cnc2ccsc2c1. The van der Waals surface area contributed by atoms with Gasteiger partial charge in [-0.1, -0.05) is 29.3 Å². The summed E-state index contributed by atoms with van der Waals surface area (Å²) < 4.78 is 1.19. The van der Waals surface area contributed by atoms with Gasteiger partial charge < -0.3 is 5.32 Å². The Kier molecular flexibility index (Phi) is 4.45. The molecule has 1 unspecified atom stereocenters. The van der Waals surface area contributed by atoms with Crippen molar-refractivity contribution in [1.29, 1.82) is 0 Å². The zero-order valence-corrected chi connectivity index (χ0v) is 13.8. The molecule has 5 heteroatoms. The van der Waals surface area contributed by atoms with Crippen molar-refractivity contribution >= 4 is 44.8 Å². The van der Waals surface area contributed by atoms with E-state index in [1.165, 1.54) is 4.70 Å². The van der Waals surface area contributed by atoms with Gasteiger partial charge in [0.2, 0.25) is 0 Å². The zero-order valence-electron chi connectivity index (χ0n) is 11.4. The fourth-order valence-corrected chi connectivity index (χ4v) is 3.71. The van der Waals surface area contributed by atoms with Gasteiger partial charge in [0.1, 0.15) is 0 Å². The van der Waals surface area contributed by atoms with E-state index in [-0.39, 0.29) is 6.04 Å². The Morgan fingerprint density at radius 3 is 2.71 bits per heavy atom. The van der Waals surface area contributed by atoms with Gasteiger partial charge in [0.25, 0.3) is 0 Å². The van der Waals surface area contributed by atoms with E-state index < -0.39 is 0 Å². The number of likely N-dealkylation sites (N-methyl/N-ethyl adjacent to an activating group) is 1. The van der Waals surface area contributed by atoms with E-state index >= 15 is 0 Å². The molecule has 0 amide bonds. The second-order valence-corrected chi connectivity index (χ2v) is 6.58. The molecule has 108 valence electrons. The van der Waals surface area contributed by atoms with Gasteiger partial charge in [-0.25, -0.2) is 0 Å². The van der Waals surface area contributed by atoms with Crippen molar-refractivity contribution in [1.82, 2.24) is 10.3 Å². The topological polar surface area (TPSA) is 24.9 Å². The third-order valence-electron chi connectivity index (χ3n) is 3.54. The Labute approximate surface area is 137 Å². The number of nitrogens with one attached hydrogen (secondary N) is 1. The average Bonchev–Trinajstić information content (AvgIpc) is 2.94. The van der Waals surface area contributed by atoms with Gasteiger partial charge in [-0.3, -0.25) is 4.98 Å². The van der Waals surface area contributed by atoms with Gasteiger partial charge in [0.05, 0.1) is 10.2 Å². The fourth-order valence-electron chi connectivity index (χ4n) is 2.37. The second kappa shape index (κ2) is 6.32. The maximum absolute atomic E-state index is 6.27. The Morgan fingerprint density at radius 2 is 2.00 bits per heavy atom. The number of aromatic nitrogens is 1. The molecule has 2 nitrogen and oxygen atoms in total. The molecule has 0 aliphatic rings. The predicted molar refractivity (Wildman–Crippen MR) is 91.6 cm³/mol. The molecule has 1 N–H and O–H groups in total. The van der Waals surface area contributed by atoms with Crippen LogP contribution in [-0.2, 0) is 6.42 Å². The van der Waals surface area contributed by atoms with Crippen LogP contribution in [0.5, 0.6) is 0 Å². The Hall–Kier alpha value is -1.13. The van der Waals surface area contributed by atoms with Crippen LogP contribution in [0.15, 0.2) is 41.9 Å². The molecule has 2 aromatic heterocycles. The lowest BCUT2D eigenvalue weighted by Crippen LogP contribution is -2.19. The van der Waals surface area contributed by atoms with Crippen molar-refractivity contribution in [3.05, 3.63) is 63.1 Å². The summed E-state index contributed by atoms with van der Waals surface area (Å²) in [5, 5.41) is 6.79. The summed E-state index contributed by atoms with van der Waals surface area (Å²) in [4.78, 5) is 4.50. The first-order chi connectivity index (χ1) is 10.2. The lowest BCUT2D eigenvalue weighted by Gasteiger charge is -2.18. The standard InChI is InChI=1S/C16H14Cl2N2S/c1-19-15(8-11-12(17)3-2-4-13(11)18)10-7-16-14(20-9-10)5-6-21-16/h2-7,9,15,19H,8H2,1H3. The number of nitrogens with zero attached hydrogens (tertiary/aromatic N) is 1. The van der Waals surface area contributed by atoms with Gasteiger partial charge in [-0.15, -0.1) is 11.3 Å².